The molecule has 1 aliphatic carbocycles. The molecule has 1 spiro atoms. The molecule has 5 heteroatoms. The molecule has 3 rings (SSSR count). The molecule has 0 unspecified atom stereocenters. The van der Waals surface area contributed by atoms with E-state index in [1.54, 1.807) is 6.26 Å². The summed E-state index contributed by atoms with van der Waals surface area (Å²) < 4.78 is 21.7. The molecule has 2 heterocycles. The van der Waals surface area contributed by atoms with E-state index >= 15 is 0 Å². The average Bonchev–Trinajstić information content (AvgIpc) is 2.63. The third-order valence-electron chi connectivity index (χ3n) is 4.59. The van der Waals surface area contributed by atoms with Crippen LogP contribution >= 0.6 is 0 Å². The lowest BCUT2D eigenvalue weighted by Crippen LogP contribution is -2.49. The Balaban J connectivity index is 1.76. The molecule has 1 saturated heterocycles. The second-order valence-corrected chi connectivity index (χ2v) is 5.66. The van der Waals surface area contributed by atoms with Gasteiger partial charge in [0.2, 0.25) is 6.29 Å². The van der Waals surface area contributed by atoms with Gasteiger partial charge in [-0.2, -0.15) is 0 Å². The Morgan fingerprint density at radius 2 is 2.26 bits per heavy atom. The topological polar surface area (TPSA) is 54.0 Å². The van der Waals surface area contributed by atoms with E-state index in [0.29, 0.717) is 6.61 Å². The lowest BCUT2D eigenvalue weighted by atomic mass is 9.63. The third kappa shape index (κ3) is 2.05. The fourth-order valence-corrected chi connectivity index (χ4v) is 3.63. The Morgan fingerprint density at radius 1 is 1.42 bits per heavy atom. The summed E-state index contributed by atoms with van der Waals surface area (Å²) in [5.41, 5.74) is -0.437. The highest BCUT2D eigenvalue weighted by molar-refractivity contribution is 5.70. The van der Waals surface area contributed by atoms with Gasteiger partial charge < -0.3 is 18.9 Å². The fraction of sp³-hybridized carbons (Fsp3) is 0.786. The van der Waals surface area contributed by atoms with Gasteiger partial charge in [-0.1, -0.05) is 12.8 Å². The van der Waals surface area contributed by atoms with Crippen molar-refractivity contribution in [3.05, 3.63) is 12.3 Å². The van der Waals surface area contributed by atoms with E-state index in [4.69, 9.17) is 18.9 Å². The molecule has 19 heavy (non-hydrogen) atoms. The van der Waals surface area contributed by atoms with Crippen molar-refractivity contribution in [2.75, 3.05) is 20.3 Å². The summed E-state index contributed by atoms with van der Waals surface area (Å²) >= 11 is 0. The zero-order chi connectivity index (χ0) is 13.3. The maximum Gasteiger partial charge on any atom is 0.332 e. The van der Waals surface area contributed by atoms with Crippen LogP contribution in [0.25, 0.3) is 0 Å². The van der Waals surface area contributed by atoms with Crippen LogP contribution in [-0.2, 0) is 23.7 Å². The quantitative estimate of drug-likeness (QED) is 0.727. The van der Waals surface area contributed by atoms with Crippen molar-refractivity contribution >= 4 is 5.97 Å². The standard InChI is InChI=1S/C14H20O5/c1-16-9-11(15)18-10-13-4-2-3-5-14(13)6-7-17-12(8-13)19-14/h6-7,12H,2-5,8-10H2,1H3/t12-,13+,14-/m1/s1. The van der Waals surface area contributed by atoms with Crippen LogP contribution in [-0.4, -0.2) is 38.2 Å². The van der Waals surface area contributed by atoms with Crippen LogP contribution in [0.3, 0.4) is 0 Å². The molecule has 1 saturated carbocycles. The molecule has 0 aromatic rings. The molecular formula is C14H20O5. The lowest BCUT2D eigenvalue weighted by molar-refractivity contribution is -0.174. The van der Waals surface area contributed by atoms with Gasteiger partial charge in [-0.3, -0.25) is 0 Å². The Kier molecular flexibility index (Phi) is 3.27. The van der Waals surface area contributed by atoms with Gasteiger partial charge in [0.05, 0.1) is 6.26 Å². The first-order valence-corrected chi connectivity index (χ1v) is 6.85. The Morgan fingerprint density at radius 3 is 3.11 bits per heavy atom. The highest BCUT2D eigenvalue weighted by Gasteiger charge is 2.61. The second-order valence-electron chi connectivity index (χ2n) is 5.66. The maximum atomic E-state index is 11.5. The van der Waals surface area contributed by atoms with E-state index in [1.165, 1.54) is 7.11 Å². The van der Waals surface area contributed by atoms with Crippen molar-refractivity contribution in [1.29, 1.82) is 0 Å². The summed E-state index contributed by atoms with van der Waals surface area (Å²) in [7, 11) is 1.49. The SMILES string of the molecule is COCC(=O)OC[C@@]12CCCC[C@@]13C=CO[C@@H](C2)O3. The van der Waals surface area contributed by atoms with Gasteiger partial charge in [0, 0.05) is 18.9 Å². The highest BCUT2D eigenvalue weighted by atomic mass is 16.7. The molecule has 0 aromatic carbocycles. The zero-order valence-electron chi connectivity index (χ0n) is 11.2. The molecule has 5 nitrogen and oxygen atoms in total. The molecular weight excluding hydrogens is 248 g/mol. The number of ether oxygens (including phenoxy) is 4. The summed E-state index contributed by atoms with van der Waals surface area (Å²) in [5.74, 6) is -0.316. The first-order chi connectivity index (χ1) is 9.20. The lowest BCUT2D eigenvalue weighted by Gasteiger charge is -2.45. The van der Waals surface area contributed by atoms with Crippen molar-refractivity contribution in [3.63, 3.8) is 0 Å². The van der Waals surface area contributed by atoms with E-state index in [9.17, 15) is 4.79 Å². The van der Waals surface area contributed by atoms with Crippen molar-refractivity contribution < 1.29 is 23.7 Å². The highest BCUT2D eigenvalue weighted by Crippen LogP contribution is 2.58. The van der Waals surface area contributed by atoms with Crippen LogP contribution in [0.2, 0.25) is 0 Å². The van der Waals surface area contributed by atoms with E-state index in [1.807, 2.05) is 6.08 Å². The van der Waals surface area contributed by atoms with Crippen molar-refractivity contribution in [2.24, 2.45) is 5.41 Å². The van der Waals surface area contributed by atoms with Crippen molar-refractivity contribution in [1.82, 2.24) is 0 Å². The average molecular weight is 268 g/mol. The van der Waals surface area contributed by atoms with Gasteiger partial charge in [0.15, 0.2) is 0 Å². The van der Waals surface area contributed by atoms with Crippen molar-refractivity contribution in [3.8, 4) is 0 Å². The molecule has 0 N–H and O–H groups in total. The monoisotopic (exact) mass is 268 g/mol. The third-order valence-corrected chi connectivity index (χ3v) is 4.59. The van der Waals surface area contributed by atoms with E-state index < -0.39 is 0 Å². The largest absolute Gasteiger partial charge is 0.473 e. The normalized spacial score (nSPS) is 39.5. The predicted octanol–water partition coefficient (Wildman–Crippen LogP) is 1.77. The van der Waals surface area contributed by atoms with Gasteiger partial charge in [-0.25, -0.2) is 4.79 Å². The van der Waals surface area contributed by atoms with Gasteiger partial charge in [0.1, 0.15) is 18.8 Å². The molecule has 106 valence electrons. The first kappa shape index (κ1) is 12.9. The second kappa shape index (κ2) is 4.80. The predicted molar refractivity (Wildman–Crippen MR) is 66.2 cm³/mol. The van der Waals surface area contributed by atoms with Crippen LogP contribution in [0, 0.1) is 5.41 Å². The summed E-state index contributed by atoms with van der Waals surface area (Å²) in [5, 5.41) is 0. The van der Waals surface area contributed by atoms with Gasteiger partial charge >= 0.3 is 5.97 Å². The molecule has 2 aliphatic heterocycles. The Bertz CT molecular complexity index is 393. The molecule has 3 aliphatic rings. The molecule has 2 fully saturated rings. The number of hydrogen-bond donors (Lipinski definition) is 0. The molecule has 0 amide bonds. The number of carbonyl (C=O) groups is 1. The number of esters is 1. The van der Waals surface area contributed by atoms with E-state index in [-0.39, 0.29) is 29.9 Å². The number of carbonyl (C=O) groups excluding carboxylic acids is 1. The summed E-state index contributed by atoms with van der Waals surface area (Å²) in [6.07, 6.45) is 8.64. The Labute approximate surface area is 112 Å². The number of fused-ring (bicyclic) bond motifs is 1. The van der Waals surface area contributed by atoms with Gasteiger partial charge in [-0.15, -0.1) is 0 Å². The minimum absolute atomic E-state index is 0.000293. The molecule has 3 atom stereocenters. The van der Waals surface area contributed by atoms with Gasteiger partial charge in [0.25, 0.3) is 0 Å². The smallest absolute Gasteiger partial charge is 0.332 e. The molecule has 2 bridgehead atoms. The van der Waals surface area contributed by atoms with E-state index in [2.05, 4.69) is 0 Å². The minimum Gasteiger partial charge on any atom is -0.473 e. The summed E-state index contributed by atoms with van der Waals surface area (Å²) in [4.78, 5) is 11.5. The van der Waals surface area contributed by atoms with Crippen LogP contribution in [0.15, 0.2) is 12.3 Å². The first-order valence-electron chi connectivity index (χ1n) is 6.85. The summed E-state index contributed by atoms with van der Waals surface area (Å²) in [6, 6.07) is 0. The maximum absolute atomic E-state index is 11.5. The van der Waals surface area contributed by atoms with Crippen LogP contribution in [0.1, 0.15) is 32.1 Å². The van der Waals surface area contributed by atoms with Crippen LogP contribution in [0.5, 0.6) is 0 Å². The van der Waals surface area contributed by atoms with E-state index in [0.717, 1.165) is 32.1 Å². The molecule has 0 aromatic heterocycles. The number of methoxy groups -OCH3 is 1. The summed E-state index contributed by atoms with van der Waals surface area (Å²) in [6.45, 7) is 0.388. The minimum atomic E-state index is -0.316. The number of hydrogen-bond acceptors (Lipinski definition) is 5. The van der Waals surface area contributed by atoms with Crippen molar-refractivity contribution in [2.45, 2.75) is 44.0 Å². The van der Waals surface area contributed by atoms with Gasteiger partial charge in [-0.05, 0) is 18.9 Å². The van der Waals surface area contributed by atoms with Crippen LogP contribution in [0.4, 0.5) is 0 Å². The number of rotatable bonds is 4. The van der Waals surface area contributed by atoms with Crippen LogP contribution < -0.4 is 0 Å². The Hall–Kier alpha value is -1.07. The zero-order valence-corrected chi connectivity index (χ0v) is 11.2. The molecule has 0 radical (unpaired) electrons. The fourth-order valence-electron chi connectivity index (χ4n) is 3.63.